The summed E-state index contributed by atoms with van der Waals surface area (Å²) in [7, 11) is 1.56. The number of ketones is 2. The van der Waals surface area contributed by atoms with Crippen molar-refractivity contribution in [3.8, 4) is 5.75 Å². The van der Waals surface area contributed by atoms with Crippen molar-refractivity contribution >= 4 is 11.6 Å². The van der Waals surface area contributed by atoms with Crippen LogP contribution >= 0.6 is 0 Å². The van der Waals surface area contributed by atoms with Crippen LogP contribution in [0.25, 0.3) is 0 Å². The van der Waals surface area contributed by atoms with E-state index in [1.54, 1.807) is 25.4 Å². The number of ether oxygens (including phenoxy) is 1. The summed E-state index contributed by atoms with van der Waals surface area (Å²) in [4.78, 5) is 29.0. The Hall–Kier alpha value is -1.71. The van der Waals surface area contributed by atoms with Crippen LogP contribution in [0.5, 0.6) is 5.75 Å². The molecule has 0 aliphatic heterocycles. The Morgan fingerprint density at radius 3 is 2.40 bits per heavy atom. The molecule has 2 rings (SSSR count). The van der Waals surface area contributed by atoms with Gasteiger partial charge in [0, 0.05) is 25.1 Å². The number of hydrogen-bond acceptors (Lipinski definition) is 4. The van der Waals surface area contributed by atoms with Crippen LogP contribution in [-0.4, -0.2) is 23.7 Å². The van der Waals surface area contributed by atoms with Crippen LogP contribution in [0.1, 0.15) is 45.2 Å². The van der Waals surface area contributed by atoms with Gasteiger partial charge in [0.25, 0.3) is 0 Å². The van der Waals surface area contributed by atoms with Crippen molar-refractivity contribution in [1.82, 2.24) is 4.98 Å². The number of rotatable bonds is 3. The van der Waals surface area contributed by atoms with Crippen LogP contribution in [0.15, 0.2) is 18.3 Å². The predicted molar refractivity (Wildman–Crippen MR) is 75.7 cm³/mol. The van der Waals surface area contributed by atoms with E-state index in [1.807, 2.05) is 6.92 Å². The van der Waals surface area contributed by atoms with E-state index >= 15 is 0 Å². The smallest absolute Gasteiger partial charge is 0.149 e. The third-order valence-corrected chi connectivity index (χ3v) is 4.48. The van der Waals surface area contributed by atoms with E-state index in [1.165, 1.54) is 0 Å². The van der Waals surface area contributed by atoms with Gasteiger partial charge in [-0.2, -0.15) is 0 Å². The molecule has 1 aromatic rings. The molecule has 1 aliphatic rings. The molecule has 0 spiro atoms. The van der Waals surface area contributed by atoms with E-state index < -0.39 is 5.92 Å². The number of carbonyl (C=O) groups is 2. The number of carbonyl (C=O) groups excluding carboxylic acids is 2. The number of methoxy groups -OCH3 is 1. The highest BCUT2D eigenvalue weighted by atomic mass is 16.5. The first-order chi connectivity index (χ1) is 9.37. The molecule has 0 radical (unpaired) electrons. The number of pyridine rings is 1. The lowest BCUT2D eigenvalue weighted by Crippen LogP contribution is -2.40. The molecule has 0 bridgehead atoms. The van der Waals surface area contributed by atoms with E-state index in [0.29, 0.717) is 30.2 Å². The zero-order valence-electron chi connectivity index (χ0n) is 12.5. The number of hydrogen-bond donors (Lipinski definition) is 0. The Balaban J connectivity index is 2.31. The normalized spacial score (nSPS) is 26.9. The summed E-state index contributed by atoms with van der Waals surface area (Å²) >= 11 is 0. The maximum atomic E-state index is 12.4. The van der Waals surface area contributed by atoms with Crippen LogP contribution in [0.4, 0.5) is 0 Å². The highest BCUT2D eigenvalue weighted by Crippen LogP contribution is 2.43. The summed E-state index contributed by atoms with van der Waals surface area (Å²) in [6, 6.07) is 3.39. The second-order valence-corrected chi connectivity index (χ2v) is 6.15. The summed E-state index contributed by atoms with van der Waals surface area (Å²) < 4.78 is 5.13. The molecule has 4 nitrogen and oxygen atoms in total. The molecule has 0 N–H and O–H groups in total. The fraction of sp³-hybridized carbons (Fsp3) is 0.562. The van der Waals surface area contributed by atoms with Crippen molar-refractivity contribution < 1.29 is 14.3 Å². The first-order valence-corrected chi connectivity index (χ1v) is 6.93. The quantitative estimate of drug-likeness (QED) is 0.796. The first-order valence-electron chi connectivity index (χ1n) is 6.93. The maximum Gasteiger partial charge on any atom is 0.149 e. The van der Waals surface area contributed by atoms with Crippen LogP contribution < -0.4 is 4.74 Å². The molecular formula is C16H21NO3. The Morgan fingerprint density at radius 2 is 1.90 bits per heavy atom. The standard InChI is InChI=1S/C16H21NO3/c1-10(2)16(3)8-13(18)15(14(19)9-16)12-7-11(20-4)5-6-17-12/h5-7,10,15H,8-9H2,1-4H3. The van der Waals surface area contributed by atoms with E-state index in [2.05, 4.69) is 18.8 Å². The molecule has 1 saturated carbocycles. The SMILES string of the molecule is COc1ccnc(C2C(=O)CC(C)(C(C)C)CC2=O)c1. The van der Waals surface area contributed by atoms with Crippen molar-refractivity contribution in [2.24, 2.45) is 11.3 Å². The lowest BCUT2D eigenvalue weighted by atomic mass is 9.64. The molecule has 0 unspecified atom stereocenters. The summed E-state index contributed by atoms with van der Waals surface area (Å²) in [5, 5.41) is 0. The molecule has 0 saturated heterocycles. The zero-order valence-corrected chi connectivity index (χ0v) is 12.5. The monoisotopic (exact) mass is 275 g/mol. The van der Waals surface area contributed by atoms with E-state index in [4.69, 9.17) is 4.74 Å². The highest BCUT2D eigenvalue weighted by molar-refractivity contribution is 6.09. The van der Waals surface area contributed by atoms with Crippen LogP contribution in [0.3, 0.4) is 0 Å². The Kier molecular flexibility index (Phi) is 3.93. The fourth-order valence-electron chi connectivity index (χ4n) is 2.69. The maximum absolute atomic E-state index is 12.4. The van der Waals surface area contributed by atoms with Gasteiger partial charge in [0.15, 0.2) is 0 Å². The average Bonchev–Trinajstić information content (AvgIpc) is 2.37. The molecule has 0 amide bonds. The fourth-order valence-corrected chi connectivity index (χ4v) is 2.69. The van der Waals surface area contributed by atoms with Gasteiger partial charge in [-0.25, -0.2) is 0 Å². The van der Waals surface area contributed by atoms with Crippen molar-refractivity contribution in [2.45, 2.75) is 39.5 Å². The molecule has 1 aliphatic carbocycles. The van der Waals surface area contributed by atoms with Crippen molar-refractivity contribution in [3.05, 3.63) is 24.0 Å². The van der Waals surface area contributed by atoms with Gasteiger partial charge in [-0.05, 0) is 17.4 Å². The molecule has 0 atom stereocenters. The second-order valence-electron chi connectivity index (χ2n) is 6.15. The van der Waals surface area contributed by atoms with Crippen molar-refractivity contribution in [3.63, 3.8) is 0 Å². The average molecular weight is 275 g/mol. The third-order valence-electron chi connectivity index (χ3n) is 4.48. The van der Waals surface area contributed by atoms with Gasteiger partial charge in [0.05, 0.1) is 12.8 Å². The third kappa shape index (κ3) is 2.60. The molecule has 1 fully saturated rings. The van der Waals surface area contributed by atoms with Crippen molar-refractivity contribution in [1.29, 1.82) is 0 Å². The molecule has 4 heteroatoms. The number of nitrogens with zero attached hydrogens (tertiary/aromatic N) is 1. The molecular weight excluding hydrogens is 254 g/mol. The van der Waals surface area contributed by atoms with Crippen LogP contribution in [0, 0.1) is 11.3 Å². The van der Waals surface area contributed by atoms with Gasteiger partial charge in [-0.15, -0.1) is 0 Å². The molecule has 1 aromatic heterocycles. The van der Waals surface area contributed by atoms with Crippen LogP contribution in [-0.2, 0) is 9.59 Å². The lowest BCUT2D eigenvalue weighted by molar-refractivity contribution is -0.137. The first kappa shape index (κ1) is 14.7. The molecule has 20 heavy (non-hydrogen) atoms. The van der Waals surface area contributed by atoms with E-state index in [0.717, 1.165) is 0 Å². The summed E-state index contributed by atoms with van der Waals surface area (Å²) in [5.41, 5.74) is 0.272. The minimum absolute atomic E-state index is 0.0294. The van der Waals surface area contributed by atoms with Gasteiger partial charge in [0.1, 0.15) is 23.2 Å². The lowest BCUT2D eigenvalue weighted by Gasteiger charge is -2.38. The van der Waals surface area contributed by atoms with Gasteiger partial charge in [0.2, 0.25) is 0 Å². The number of aromatic nitrogens is 1. The van der Waals surface area contributed by atoms with E-state index in [-0.39, 0.29) is 17.0 Å². The molecule has 0 aromatic carbocycles. The van der Waals surface area contributed by atoms with Gasteiger partial charge < -0.3 is 4.74 Å². The summed E-state index contributed by atoms with van der Waals surface area (Å²) in [6.45, 7) is 6.14. The van der Waals surface area contributed by atoms with Crippen LogP contribution in [0.2, 0.25) is 0 Å². The largest absolute Gasteiger partial charge is 0.497 e. The topological polar surface area (TPSA) is 56.3 Å². The Morgan fingerprint density at radius 1 is 1.30 bits per heavy atom. The van der Waals surface area contributed by atoms with Gasteiger partial charge >= 0.3 is 0 Å². The Labute approximate surface area is 119 Å². The molecule has 108 valence electrons. The summed E-state index contributed by atoms with van der Waals surface area (Å²) in [6.07, 6.45) is 2.44. The predicted octanol–water partition coefficient (Wildman–Crippen LogP) is 2.77. The second kappa shape index (κ2) is 5.35. The minimum Gasteiger partial charge on any atom is -0.497 e. The van der Waals surface area contributed by atoms with Gasteiger partial charge in [-0.1, -0.05) is 20.8 Å². The zero-order chi connectivity index (χ0) is 14.9. The Bertz CT molecular complexity index is 518. The summed E-state index contributed by atoms with van der Waals surface area (Å²) in [5.74, 6) is 0.135. The van der Waals surface area contributed by atoms with E-state index in [9.17, 15) is 9.59 Å². The van der Waals surface area contributed by atoms with Crippen molar-refractivity contribution in [2.75, 3.05) is 7.11 Å². The minimum atomic E-state index is -0.725. The molecule has 1 heterocycles. The number of Topliss-reactive ketones (excluding diaryl/α,β-unsaturated/α-hetero) is 2. The highest BCUT2D eigenvalue weighted by Gasteiger charge is 2.44. The van der Waals surface area contributed by atoms with Gasteiger partial charge in [-0.3, -0.25) is 14.6 Å².